The van der Waals surface area contributed by atoms with Crippen LogP contribution >= 0.6 is 11.6 Å². The van der Waals surface area contributed by atoms with Gasteiger partial charge in [0.15, 0.2) is 0 Å². The predicted octanol–water partition coefficient (Wildman–Crippen LogP) is 2.51. The molecule has 0 saturated carbocycles. The molecule has 0 radical (unpaired) electrons. The highest BCUT2D eigenvalue weighted by Gasteiger charge is 2.26. The zero-order valence-corrected chi connectivity index (χ0v) is 13.7. The lowest BCUT2D eigenvalue weighted by Crippen LogP contribution is -2.39. The summed E-state index contributed by atoms with van der Waals surface area (Å²) in [7, 11) is -1.92. The van der Waals surface area contributed by atoms with Crippen molar-refractivity contribution in [3.05, 3.63) is 29.8 Å². The average Bonchev–Trinajstić information content (AvgIpc) is 2.39. The Morgan fingerprint density at radius 2 is 1.85 bits per heavy atom. The molecule has 0 aliphatic carbocycles. The number of benzene rings is 1. The quantitative estimate of drug-likeness (QED) is 0.692. The van der Waals surface area contributed by atoms with Crippen LogP contribution in [0.25, 0.3) is 0 Å². The lowest BCUT2D eigenvalue weighted by molar-refractivity contribution is 0.171. The Bertz CT molecular complexity index is 500. The third kappa shape index (κ3) is 4.45. The normalized spacial score (nSPS) is 12.3. The van der Waals surface area contributed by atoms with Gasteiger partial charge in [-0.1, -0.05) is 12.1 Å². The van der Waals surface area contributed by atoms with E-state index in [2.05, 4.69) is 0 Å². The van der Waals surface area contributed by atoms with Gasteiger partial charge in [0, 0.05) is 25.6 Å². The first kappa shape index (κ1) is 17.4. The smallest absolute Gasteiger partial charge is 0.243 e. The fourth-order valence-electron chi connectivity index (χ4n) is 1.91. The van der Waals surface area contributed by atoms with Crippen molar-refractivity contribution >= 4 is 21.6 Å². The lowest BCUT2D eigenvalue weighted by Gasteiger charge is -2.25. The molecule has 6 heteroatoms. The van der Waals surface area contributed by atoms with Gasteiger partial charge in [-0.2, -0.15) is 4.31 Å². The number of aryl methyl sites for hydroxylation is 1. The molecule has 1 aromatic carbocycles. The van der Waals surface area contributed by atoms with Crippen LogP contribution in [-0.2, 0) is 21.2 Å². The monoisotopic (exact) mass is 319 g/mol. The minimum absolute atomic E-state index is 0.113. The van der Waals surface area contributed by atoms with Crippen LogP contribution in [0.4, 0.5) is 0 Å². The first-order chi connectivity index (χ1) is 9.43. The second kappa shape index (κ2) is 7.98. The zero-order valence-electron chi connectivity index (χ0n) is 12.2. The van der Waals surface area contributed by atoms with E-state index >= 15 is 0 Å². The van der Waals surface area contributed by atoms with Gasteiger partial charge in [-0.05, 0) is 38.0 Å². The molecule has 0 spiro atoms. The molecular weight excluding hydrogens is 298 g/mol. The second-order valence-electron chi connectivity index (χ2n) is 4.79. The molecule has 1 aromatic rings. The Hall–Kier alpha value is -0.620. The van der Waals surface area contributed by atoms with Crippen molar-refractivity contribution in [2.24, 2.45) is 0 Å². The number of hydrogen-bond donors (Lipinski definition) is 0. The minimum Gasteiger partial charge on any atom is -0.383 e. The van der Waals surface area contributed by atoms with Crippen LogP contribution in [0.2, 0.25) is 0 Å². The number of halogens is 1. The van der Waals surface area contributed by atoms with E-state index < -0.39 is 10.0 Å². The molecule has 0 unspecified atom stereocenters. The van der Waals surface area contributed by atoms with E-state index in [0.717, 1.165) is 12.0 Å². The van der Waals surface area contributed by atoms with Gasteiger partial charge in [-0.3, -0.25) is 0 Å². The molecule has 0 atom stereocenters. The van der Waals surface area contributed by atoms with Crippen molar-refractivity contribution in [3.63, 3.8) is 0 Å². The van der Waals surface area contributed by atoms with Gasteiger partial charge in [0.05, 0.1) is 11.5 Å². The van der Waals surface area contributed by atoms with Gasteiger partial charge in [0.25, 0.3) is 0 Å². The van der Waals surface area contributed by atoms with Crippen molar-refractivity contribution in [2.45, 2.75) is 31.2 Å². The number of methoxy groups -OCH3 is 1. The number of alkyl halides is 1. The summed E-state index contributed by atoms with van der Waals surface area (Å²) < 4.78 is 31.6. The number of ether oxygens (including phenoxy) is 1. The highest BCUT2D eigenvalue weighted by atomic mass is 35.5. The van der Waals surface area contributed by atoms with Gasteiger partial charge < -0.3 is 4.74 Å². The third-order valence-electron chi connectivity index (χ3n) is 3.00. The Morgan fingerprint density at radius 3 is 2.30 bits per heavy atom. The number of sulfonamides is 1. The van der Waals surface area contributed by atoms with E-state index in [1.807, 2.05) is 26.0 Å². The van der Waals surface area contributed by atoms with Crippen molar-refractivity contribution in [3.8, 4) is 0 Å². The van der Waals surface area contributed by atoms with E-state index in [9.17, 15) is 8.42 Å². The summed E-state index contributed by atoms with van der Waals surface area (Å²) in [5, 5.41) is 0. The predicted molar refractivity (Wildman–Crippen MR) is 81.8 cm³/mol. The SMILES string of the molecule is COCCN(C(C)C)S(=O)(=O)c1ccc(CCCl)cc1. The Kier molecular flexibility index (Phi) is 6.95. The topological polar surface area (TPSA) is 46.6 Å². The Balaban J connectivity index is 3.00. The highest BCUT2D eigenvalue weighted by molar-refractivity contribution is 7.89. The van der Waals surface area contributed by atoms with Crippen molar-refractivity contribution in [2.75, 3.05) is 26.1 Å². The zero-order chi connectivity index (χ0) is 15.2. The molecule has 0 bridgehead atoms. The van der Waals surface area contributed by atoms with Crippen LogP contribution in [0.1, 0.15) is 19.4 Å². The maximum Gasteiger partial charge on any atom is 0.243 e. The molecule has 4 nitrogen and oxygen atoms in total. The molecule has 0 aliphatic heterocycles. The molecule has 0 aromatic heterocycles. The molecule has 114 valence electrons. The third-order valence-corrected chi connectivity index (χ3v) is 5.28. The first-order valence-corrected chi connectivity index (χ1v) is 8.56. The molecule has 1 rings (SSSR count). The fraction of sp³-hybridized carbons (Fsp3) is 0.571. The van der Waals surface area contributed by atoms with E-state index in [0.29, 0.717) is 23.9 Å². The maximum absolute atomic E-state index is 12.6. The summed E-state index contributed by atoms with van der Waals surface area (Å²) in [4.78, 5) is 0.306. The molecule has 0 fully saturated rings. The maximum atomic E-state index is 12.6. The van der Waals surface area contributed by atoms with Crippen molar-refractivity contribution < 1.29 is 13.2 Å². The van der Waals surface area contributed by atoms with Gasteiger partial charge >= 0.3 is 0 Å². The summed E-state index contributed by atoms with van der Waals surface area (Å²) in [6.07, 6.45) is 0.736. The molecule has 0 amide bonds. The van der Waals surface area contributed by atoms with Crippen LogP contribution in [0.3, 0.4) is 0 Å². The standard InChI is InChI=1S/C14H22ClNO3S/c1-12(2)16(10-11-19-3)20(17,18)14-6-4-13(5-7-14)8-9-15/h4-7,12H,8-11H2,1-3H3. The second-order valence-corrected chi connectivity index (χ2v) is 7.05. The van der Waals surface area contributed by atoms with E-state index in [-0.39, 0.29) is 6.04 Å². The van der Waals surface area contributed by atoms with Gasteiger partial charge in [0.2, 0.25) is 10.0 Å². The van der Waals surface area contributed by atoms with E-state index in [4.69, 9.17) is 16.3 Å². The van der Waals surface area contributed by atoms with Crippen LogP contribution < -0.4 is 0 Å². The molecule has 0 heterocycles. The van der Waals surface area contributed by atoms with Crippen molar-refractivity contribution in [1.29, 1.82) is 0 Å². The number of nitrogens with zero attached hydrogens (tertiary/aromatic N) is 1. The van der Waals surface area contributed by atoms with Gasteiger partial charge in [-0.15, -0.1) is 11.6 Å². The minimum atomic E-state index is -3.48. The van der Waals surface area contributed by atoms with Crippen LogP contribution in [-0.4, -0.2) is 44.9 Å². The van der Waals surface area contributed by atoms with Gasteiger partial charge in [-0.25, -0.2) is 8.42 Å². The summed E-state index contributed by atoms with van der Waals surface area (Å²) >= 11 is 5.67. The summed E-state index contributed by atoms with van der Waals surface area (Å²) in [6.45, 7) is 4.44. The van der Waals surface area contributed by atoms with E-state index in [1.54, 1.807) is 19.2 Å². The lowest BCUT2D eigenvalue weighted by atomic mass is 10.2. The Morgan fingerprint density at radius 1 is 1.25 bits per heavy atom. The summed E-state index contributed by atoms with van der Waals surface area (Å²) in [6, 6.07) is 6.78. The fourth-order valence-corrected chi connectivity index (χ4v) is 3.75. The van der Waals surface area contributed by atoms with Crippen LogP contribution in [0, 0.1) is 0 Å². The van der Waals surface area contributed by atoms with Crippen LogP contribution in [0.5, 0.6) is 0 Å². The molecule has 0 N–H and O–H groups in total. The van der Waals surface area contributed by atoms with Gasteiger partial charge in [0.1, 0.15) is 0 Å². The first-order valence-electron chi connectivity index (χ1n) is 6.59. The van der Waals surface area contributed by atoms with E-state index in [1.165, 1.54) is 4.31 Å². The highest BCUT2D eigenvalue weighted by Crippen LogP contribution is 2.19. The Labute approximate surface area is 126 Å². The summed E-state index contributed by atoms with van der Waals surface area (Å²) in [5.41, 5.74) is 1.03. The molecule has 20 heavy (non-hydrogen) atoms. The molecule has 0 aliphatic rings. The molecule has 0 saturated heterocycles. The van der Waals surface area contributed by atoms with Crippen LogP contribution in [0.15, 0.2) is 29.2 Å². The average molecular weight is 320 g/mol. The molecular formula is C14H22ClNO3S. The number of rotatable bonds is 8. The van der Waals surface area contributed by atoms with Crippen molar-refractivity contribution in [1.82, 2.24) is 4.31 Å². The largest absolute Gasteiger partial charge is 0.383 e. The summed E-state index contributed by atoms with van der Waals surface area (Å²) in [5.74, 6) is 0.526. The number of hydrogen-bond acceptors (Lipinski definition) is 3.